The Hall–Kier alpha value is -2.63. The highest BCUT2D eigenvalue weighted by Crippen LogP contribution is 2.31. The predicted octanol–water partition coefficient (Wildman–Crippen LogP) is 1.86. The fraction of sp³-hybridized carbons (Fsp3) is 0.267. The SMILES string of the molecule is Cc1cnc(CNc2cc3c(cc2N)NC(=O)CC3)cn1. The molecule has 2 heterocycles. The van der Waals surface area contributed by atoms with Crippen molar-refractivity contribution in [2.24, 2.45) is 0 Å². The van der Waals surface area contributed by atoms with Gasteiger partial charge < -0.3 is 16.4 Å². The summed E-state index contributed by atoms with van der Waals surface area (Å²) in [7, 11) is 0. The number of aromatic nitrogens is 2. The van der Waals surface area contributed by atoms with E-state index in [-0.39, 0.29) is 5.91 Å². The van der Waals surface area contributed by atoms with Crippen molar-refractivity contribution in [3.8, 4) is 0 Å². The third kappa shape index (κ3) is 2.94. The van der Waals surface area contributed by atoms with Gasteiger partial charge in [0, 0.05) is 18.3 Å². The first kappa shape index (κ1) is 13.4. The van der Waals surface area contributed by atoms with Gasteiger partial charge in [-0.3, -0.25) is 14.8 Å². The normalized spacial score (nSPS) is 13.5. The van der Waals surface area contributed by atoms with Gasteiger partial charge in [0.1, 0.15) is 0 Å². The molecule has 1 aromatic heterocycles. The minimum absolute atomic E-state index is 0.0394. The molecule has 4 N–H and O–H groups in total. The monoisotopic (exact) mass is 283 g/mol. The number of nitrogens with two attached hydrogens (primary N) is 1. The molecule has 2 aromatic rings. The number of rotatable bonds is 3. The molecule has 0 saturated carbocycles. The molecule has 1 aromatic carbocycles. The minimum Gasteiger partial charge on any atom is -0.397 e. The molecule has 108 valence electrons. The number of carbonyl (C=O) groups excluding carboxylic acids is 1. The highest BCUT2D eigenvalue weighted by atomic mass is 16.1. The highest BCUT2D eigenvalue weighted by Gasteiger charge is 2.16. The summed E-state index contributed by atoms with van der Waals surface area (Å²) >= 11 is 0. The van der Waals surface area contributed by atoms with Gasteiger partial charge in [0.05, 0.1) is 35.5 Å². The smallest absolute Gasteiger partial charge is 0.224 e. The van der Waals surface area contributed by atoms with Crippen molar-refractivity contribution in [2.75, 3.05) is 16.4 Å². The lowest BCUT2D eigenvalue weighted by Gasteiger charge is -2.19. The average molecular weight is 283 g/mol. The van der Waals surface area contributed by atoms with Crippen LogP contribution in [0.15, 0.2) is 24.5 Å². The maximum atomic E-state index is 11.4. The second-order valence-electron chi connectivity index (χ2n) is 5.15. The molecule has 1 amide bonds. The number of nitrogens with zero attached hydrogens (tertiary/aromatic N) is 2. The third-order valence-electron chi connectivity index (χ3n) is 3.47. The van der Waals surface area contributed by atoms with Crippen LogP contribution in [-0.2, 0) is 17.8 Å². The van der Waals surface area contributed by atoms with E-state index < -0.39 is 0 Å². The van der Waals surface area contributed by atoms with E-state index in [2.05, 4.69) is 20.6 Å². The molecular formula is C15H17N5O. The van der Waals surface area contributed by atoms with Crippen LogP contribution in [0.2, 0.25) is 0 Å². The van der Waals surface area contributed by atoms with Crippen molar-refractivity contribution in [2.45, 2.75) is 26.3 Å². The van der Waals surface area contributed by atoms with Crippen LogP contribution in [0.5, 0.6) is 0 Å². The maximum absolute atomic E-state index is 11.4. The van der Waals surface area contributed by atoms with Crippen LogP contribution >= 0.6 is 0 Å². The summed E-state index contributed by atoms with van der Waals surface area (Å²) in [6, 6.07) is 3.79. The summed E-state index contributed by atoms with van der Waals surface area (Å²) in [5, 5.41) is 6.11. The molecule has 0 aliphatic carbocycles. The van der Waals surface area contributed by atoms with Crippen LogP contribution in [0.25, 0.3) is 0 Å². The topological polar surface area (TPSA) is 92.9 Å². The molecule has 0 spiro atoms. The van der Waals surface area contributed by atoms with Crippen LogP contribution in [0.3, 0.4) is 0 Å². The van der Waals surface area contributed by atoms with Gasteiger partial charge in [-0.1, -0.05) is 0 Å². The first-order valence-electron chi connectivity index (χ1n) is 6.85. The minimum atomic E-state index is 0.0394. The zero-order valence-electron chi connectivity index (χ0n) is 11.8. The van der Waals surface area contributed by atoms with Crippen LogP contribution < -0.4 is 16.4 Å². The summed E-state index contributed by atoms with van der Waals surface area (Å²) < 4.78 is 0. The largest absolute Gasteiger partial charge is 0.397 e. The van der Waals surface area contributed by atoms with Gasteiger partial charge in [0.2, 0.25) is 5.91 Å². The third-order valence-corrected chi connectivity index (χ3v) is 3.47. The summed E-state index contributed by atoms with van der Waals surface area (Å²) in [5.41, 5.74) is 11.1. The molecule has 3 rings (SSSR count). The molecule has 6 heteroatoms. The number of benzene rings is 1. The Kier molecular flexibility index (Phi) is 3.43. The van der Waals surface area contributed by atoms with Gasteiger partial charge in [-0.15, -0.1) is 0 Å². The Bertz CT molecular complexity index is 681. The average Bonchev–Trinajstić information content (AvgIpc) is 2.47. The quantitative estimate of drug-likeness (QED) is 0.748. The van der Waals surface area contributed by atoms with E-state index >= 15 is 0 Å². The summed E-state index contributed by atoms with van der Waals surface area (Å²) in [5.74, 6) is 0.0394. The van der Waals surface area contributed by atoms with E-state index in [0.29, 0.717) is 18.7 Å². The van der Waals surface area contributed by atoms with Crippen LogP contribution in [-0.4, -0.2) is 15.9 Å². The Morgan fingerprint density at radius 1 is 1.29 bits per heavy atom. The second kappa shape index (κ2) is 5.40. The summed E-state index contributed by atoms with van der Waals surface area (Å²) in [6.07, 6.45) is 4.74. The number of amides is 1. The second-order valence-corrected chi connectivity index (χ2v) is 5.15. The number of anilines is 3. The van der Waals surface area contributed by atoms with Crippen molar-refractivity contribution in [1.82, 2.24) is 9.97 Å². The Morgan fingerprint density at radius 3 is 2.90 bits per heavy atom. The van der Waals surface area contributed by atoms with Crippen LogP contribution in [0.1, 0.15) is 23.4 Å². The molecule has 1 aliphatic heterocycles. The number of fused-ring (bicyclic) bond motifs is 1. The number of hydrogen-bond donors (Lipinski definition) is 3. The molecule has 0 bridgehead atoms. The molecule has 0 atom stereocenters. The molecule has 0 radical (unpaired) electrons. The molecule has 0 fully saturated rings. The molecule has 0 unspecified atom stereocenters. The molecule has 0 saturated heterocycles. The van der Waals surface area contributed by atoms with Crippen molar-refractivity contribution < 1.29 is 4.79 Å². The summed E-state index contributed by atoms with van der Waals surface area (Å²) in [4.78, 5) is 19.9. The predicted molar refractivity (Wildman–Crippen MR) is 81.9 cm³/mol. The van der Waals surface area contributed by atoms with Gasteiger partial charge in [0.15, 0.2) is 0 Å². The van der Waals surface area contributed by atoms with E-state index in [1.54, 1.807) is 18.5 Å². The van der Waals surface area contributed by atoms with Crippen molar-refractivity contribution in [3.05, 3.63) is 41.5 Å². The highest BCUT2D eigenvalue weighted by molar-refractivity contribution is 5.95. The Balaban J connectivity index is 1.76. The van der Waals surface area contributed by atoms with Gasteiger partial charge in [0.25, 0.3) is 0 Å². The standard InChI is InChI=1S/C15H17N5O/c1-9-6-18-11(7-17-9)8-19-14-4-10-2-3-15(21)20-13(10)5-12(14)16/h4-7,19H,2-3,8,16H2,1H3,(H,20,21). The van der Waals surface area contributed by atoms with E-state index in [9.17, 15) is 4.79 Å². The number of carbonyl (C=O) groups is 1. The fourth-order valence-corrected chi connectivity index (χ4v) is 2.29. The zero-order chi connectivity index (χ0) is 14.8. The van der Waals surface area contributed by atoms with E-state index in [1.165, 1.54) is 0 Å². The lowest BCUT2D eigenvalue weighted by atomic mass is 10.0. The number of nitrogen functional groups attached to an aromatic ring is 1. The lowest BCUT2D eigenvalue weighted by molar-refractivity contribution is -0.116. The Morgan fingerprint density at radius 2 is 2.14 bits per heavy atom. The molecule has 21 heavy (non-hydrogen) atoms. The van der Waals surface area contributed by atoms with Gasteiger partial charge in [-0.25, -0.2) is 0 Å². The van der Waals surface area contributed by atoms with Gasteiger partial charge in [-0.05, 0) is 31.0 Å². The Labute approximate surface area is 122 Å². The first-order chi connectivity index (χ1) is 10.1. The van der Waals surface area contributed by atoms with Gasteiger partial charge in [-0.2, -0.15) is 0 Å². The zero-order valence-corrected chi connectivity index (χ0v) is 11.8. The van der Waals surface area contributed by atoms with Crippen molar-refractivity contribution >= 4 is 23.0 Å². The van der Waals surface area contributed by atoms with E-state index in [1.807, 2.05) is 13.0 Å². The van der Waals surface area contributed by atoms with Crippen molar-refractivity contribution in [1.29, 1.82) is 0 Å². The van der Waals surface area contributed by atoms with Gasteiger partial charge >= 0.3 is 0 Å². The van der Waals surface area contributed by atoms with E-state index in [4.69, 9.17) is 5.73 Å². The number of aryl methyl sites for hydroxylation is 2. The lowest BCUT2D eigenvalue weighted by Crippen LogP contribution is -2.19. The molecule has 6 nitrogen and oxygen atoms in total. The van der Waals surface area contributed by atoms with Crippen LogP contribution in [0, 0.1) is 6.92 Å². The molecule has 1 aliphatic rings. The van der Waals surface area contributed by atoms with Crippen molar-refractivity contribution in [3.63, 3.8) is 0 Å². The summed E-state index contributed by atoms with van der Waals surface area (Å²) in [6.45, 7) is 2.46. The maximum Gasteiger partial charge on any atom is 0.224 e. The first-order valence-corrected chi connectivity index (χ1v) is 6.85. The molecular weight excluding hydrogens is 266 g/mol. The van der Waals surface area contributed by atoms with E-state index in [0.717, 1.165) is 34.7 Å². The van der Waals surface area contributed by atoms with Crippen LogP contribution in [0.4, 0.5) is 17.1 Å². The fourth-order valence-electron chi connectivity index (χ4n) is 2.29. The number of nitrogens with one attached hydrogen (secondary N) is 2. The number of hydrogen-bond acceptors (Lipinski definition) is 5.